The number of carbonyl (C=O) groups is 1. The molecule has 0 atom stereocenters. The number of hydrogen-bond donors (Lipinski definition) is 2. The Hall–Kier alpha value is -1.92. The van der Waals surface area contributed by atoms with Crippen molar-refractivity contribution in [2.24, 2.45) is 5.92 Å². The van der Waals surface area contributed by atoms with E-state index in [1.54, 1.807) is 0 Å². The number of ether oxygens (including phenoxy) is 1. The molecule has 0 unspecified atom stereocenters. The molecule has 1 aromatic heterocycles. The fraction of sp³-hybridized carbons (Fsp3) is 0.600. The van der Waals surface area contributed by atoms with Crippen LogP contribution in [0.15, 0.2) is 0 Å². The van der Waals surface area contributed by atoms with Gasteiger partial charge in [0.15, 0.2) is 12.4 Å². The van der Waals surface area contributed by atoms with Gasteiger partial charge in [0.25, 0.3) is 0 Å². The summed E-state index contributed by atoms with van der Waals surface area (Å²) in [6, 6.07) is 0. The molecule has 0 aliphatic carbocycles. The van der Waals surface area contributed by atoms with Gasteiger partial charge in [0, 0.05) is 6.42 Å². The van der Waals surface area contributed by atoms with Gasteiger partial charge in [-0.1, -0.05) is 13.8 Å². The van der Waals surface area contributed by atoms with E-state index in [9.17, 15) is 4.79 Å². The van der Waals surface area contributed by atoms with Crippen molar-refractivity contribution in [1.29, 1.82) is 0 Å². The van der Waals surface area contributed by atoms with Gasteiger partial charge in [-0.25, -0.2) is 0 Å². The highest BCUT2D eigenvalue weighted by Crippen LogP contribution is 2.06. The van der Waals surface area contributed by atoms with Crippen molar-refractivity contribution in [3.8, 4) is 0 Å². The van der Waals surface area contributed by atoms with Crippen molar-refractivity contribution in [2.75, 3.05) is 11.5 Å². The van der Waals surface area contributed by atoms with Gasteiger partial charge < -0.3 is 16.2 Å². The maximum absolute atomic E-state index is 11.3. The van der Waals surface area contributed by atoms with Gasteiger partial charge in [-0.15, -0.1) is 0 Å². The highest BCUT2D eigenvalue weighted by atomic mass is 16.5. The molecular weight excluding hydrogens is 222 g/mol. The number of nitrogens with two attached hydrogens (primary N) is 2. The largest absolute Gasteiger partial charge is 0.457 e. The fourth-order valence-corrected chi connectivity index (χ4v) is 1.15. The minimum atomic E-state index is -0.281. The monoisotopic (exact) mass is 239 g/mol. The summed E-state index contributed by atoms with van der Waals surface area (Å²) in [5.74, 6) is 0.478. The molecule has 1 aromatic rings. The minimum absolute atomic E-state index is 0.0192. The van der Waals surface area contributed by atoms with Gasteiger partial charge in [-0.2, -0.15) is 15.0 Å². The summed E-state index contributed by atoms with van der Waals surface area (Å²) < 4.78 is 4.99. The lowest BCUT2D eigenvalue weighted by molar-refractivity contribution is -0.145. The molecular formula is C10H17N5O2. The molecule has 0 spiro atoms. The third-order valence-electron chi connectivity index (χ3n) is 2.00. The number of esters is 1. The van der Waals surface area contributed by atoms with Crippen LogP contribution in [0.25, 0.3) is 0 Å². The number of rotatable bonds is 5. The van der Waals surface area contributed by atoms with E-state index < -0.39 is 0 Å². The van der Waals surface area contributed by atoms with E-state index in [4.69, 9.17) is 16.2 Å². The van der Waals surface area contributed by atoms with E-state index in [1.807, 2.05) is 13.8 Å². The van der Waals surface area contributed by atoms with Crippen molar-refractivity contribution < 1.29 is 9.53 Å². The number of anilines is 2. The van der Waals surface area contributed by atoms with E-state index in [0.717, 1.165) is 6.42 Å². The molecule has 94 valence electrons. The molecule has 0 radical (unpaired) electrons. The zero-order valence-electron chi connectivity index (χ0n) is 10.0. The van der Waals surface area contributed by atoms with Gasteiger partial charge in [0.2, 0.25) is 11.9 Å². The lowest BCUT2D eigenvalue weighted by atomic mass is 10.1. The molecule has 0 amide bonds. The van der Waals surface area contributed by atoms with E-state index in [1.165, 1.54) is 0 Å². The molecule has 0 saturated heterocycles. The summed E-state index contributed by atoms with van der Waals surface area (Å²) in [6.07, 6.45) is 1.17. The average Bonchev–Trinajstić information content (AvgIpc) is 2.22. The summed E-state index contributed by atoms with van der Waals surface area (Å²) in [5.41, 5.74) is 10.8. The van der Waals surface area contributed by atoms with E-state index >= 15 is 0 Å². The van der Waals surface area contributed by atoms with E-state index in [-0.39, 0.29) is 30.3 Å². The van der Waals surface area contributed by atoms with Crippen molar-refractivity contribution in [2.45, 2.75) is 33.3 Å². The number of aromatic nitrogens is 3. The third kappa shape index (κ3) is 5.10. The Balaban J connectivity index is 2.42. The first-order chi connectivity index (χ1) is 7.97. The Morgan fingerprint density at radius 3 is 2.35 bits per heavy atom. The molecule has 17 heavy (non-hydrogen) atoms. The van der Waals surface area contributed by atoms with Crippen LogP contribution >= 0.6 is 0 Å². The van der Waals surface area contributed by atoms with Gasteiger partial charge >= 0.3 is 5.97 Å². The van der Waals surface area contributed by atoms with Crippen molar-refractivity contribution in [3.63, 3.8) is 0 Å². The number of hydrogen-bond acceptors (Lipinski definition) is 7. The summed E-state index contributed by atoms with van der Waals surface area (Å²) in [4.78, 5) is 22.5. The first kappa shape index (κ1) is 13.1. The molecule has 0 aromatic carbocycles. The van der Waals surface area contributed by atoms with Gasteiger partial charge in [-0.05, 0) is 12.3 Å². The van der Waals surface area contributed by atoms with Crippen LogP contribution < -0.4 is 11.5 Å². The molecule has 0 bridgehead atoms. The minimum Gasteiger partial charge on any atom is -0.457 e. The van der Waals surface area contributed by atoms with Crippen molar-refractivity contribution in [3.05, 3.63) is 5.82 Å². The maximum Gasteiger partial charge on any atom is 0.306 e. The fourth-order valence-electron chi connectivity index (χ4n) is 1.15. The second kappa shape index (κ2) is 5.97. The van der Waals surface area contributed by atoms with Gasteiger partial charge in [-0.3, -0.25) is 4.79 Å². The summed E-state index contributed by atoms with van der Waals surface area (Å²) in [7, 11) is 0. The molecule has 4 N–H and O–H groups in total. The summed E-state index contributed by atoms with van der Waals surface area (Å²) in [5, 5.41) is 0. The average molecular weight is 239 g/mol. The van der Waals surface area contributed by atoms with Crippen LogP contribution in [0.2, 0.25) is 0 Å². The number of nitrogens with zero attached hydrogens (tertiary/aromatic N) is 3. The maximum atomic E-state index is 11.3. The molecule has 1 heterocycles. The Morgan fingerprint density at radius 1 is 1.24 bits per heavy atom. The number of carbonyl (C=O) groups excluding carboxylic acids is 1. The molecule has 7 nitrogen and oxygen atoms in total. The molecule has 0 saturated carbocycles. The topological polar surface area (TPSA) is 117 Å². The van der Waals surface area contributed by atoms with E-state index in [2.05, 4.69) is 15.0 Å². The first-order valence-corrected chi connectivity index (χ1v) is 5.39. The van der Waals surface area contributed by atoms with Crippen LogP contribution in [0.4, 0.5) is 11.9 Å². The second-order valence-electron chi connectivity index (χ2n) is 4.06. The highest BCUT2D eigenvalue weighted by Gasteiger charge is 2.07. The Bertz CT molecular complexity index is 374. The molecule has 0 aliphatic heterocycles. The zero-order valence-corrected chi connectivity index (χ0v) is 10.0. The lowest BCUT2D eigenvalue weighted by Gasteiger charge is -2.06. The third-order valence-corrected chi connectivity index (χ3v) is 2.00. The van der Waals surface area contributed by atoms with E-state index in [0.29, 0.717) is 12.3 Å². The molecule has 7 heteroatoms. The number of nitrogen functional groups attached to an aromatic ring is 2. The van der Waals surface area contributed by atoms with Gasteiger partial charge in [0.1, 0.15) is 0 Å². The summed E-state index contributed by atoms with van der Waals surface area (Å²) >= 11 is 0. The second-order valence-corrected chi connectivity index (χ2v) is 4.06. The van der Waals surface area contributed by atoms with Crippen LogP contribution in [0.3, 0.4) is 0 Å². The van der Waals surface area contributed by atoms with Crippen molar-refractivity contribution in [1.82, 2.24) is 15.0 Å². The van der Waals surface area contributed by atoms with Crippen LogP contribution in [0, 0.1) is 5.92 Å². The quantitative estimate of drug-likeness (QED) is 0.719. The Morgan fingerprint density at radius 2 is 1.82 bits per heavy atom. The van der Waals surface area contributed by atoms with Crippen molar-refractivity contribution >= 4 is 17.9 Å². The normalized spacial score (nSPS) is 10.5. The summed E-state index contributed by atoms with van der Waals surface area (Å²) in [6.45, 7) is 4.05. The Kier molecular flexibility index (Phi) is 4.62. The predicted octanol–water partition coefficient (Wildman–Crippen LogP) is 0.515. The standard InChI is InChI=1S/C10H17N5O2/c1-6(2)3-4-8(16)17-5-7-13-9(11)15-10(12)14-7/h6H,3-5H2,1-2H3,(H4,11,12,13,14,15). The van der Waals surface area contributed by atoms with Crippen LogP contribution in [0.5, 0.6) is 0 Å². The molecule has 0 fully saturated rings. The first-order valence-electron chi connectivity index (χ1n) is 5.39. The van der Waals surface area contributed by atoms with Crippen LogP contribution in [-0.2, 0) is 16.1 Å². The molecule has 1 rings (SSSR count). The van der Waals surface area contributed by atoms with Crippen LogP contribution in [-0.4, -0.2) is 20.9 Å². The smallest absolute Gasteiger partial charge is 0.306 e. The molecule has 0 aliphatic rings. The zero-order chi connectivity index (χ0) is 12.8. The lowest BCUT2D eigenvalue weighted by Crippen LogP contribution is -2.11. The van der Waals surface area contributed by atoms with Crippen LogP contribution in [0.1, 0.15) is 32.5 Å². The van der Waals surface area contributed by atoms with Gasteiger partial charge in [0.05, 0.1) is 0 Å². The SMILES string of the molecule is CC(C)CCC(=O)OCc1nc(N)nc(N)n1. The Labute approximate surface area is 99.6 Å². The predicted molar refractivity (Wildman–Crippen MR) is 62.5 cm³/mol. The highest BCUT2D eigenvalue weighted by molar-refractivity contribution is 5.69.